The number of nitrogens with one attached hydrogen (secondary N) is 2. The van der Waals surface area contributed by atoms with E-state index in [4.69, 9.17) is 4.74 Å². The molecule has 1 aromatic heterocycles. The average Bonchev–Trinajstić information content (AvgIpc) is 2.83. The zero-order valence-electron chi connectivity index (χ0n) is 9.77. The van der Waals surface area contributed by atoms with E-state index in [1.807, 2.05) is 0 Å². The molecule has 5 nitrogen and oxygen atoms in total. The van der Waals surface area contributed by atoms with Crippen molar-refractivity contribution >= 4 is 16.9 Å². The van der Waals surface area contributed by atoms with E-state index in [-0.39, 0.29) is 12.5 Å². The monoisotopic (exact) mass is 243 g/mol. The Morgan fingerprint density at radius 1 is 1.56 bits per heavy atom. The Kier molecular flexibility index (Phi) is 3.43. The predicted molar refractivity (Wildman–Crippen MR) is 68.8 cm³/mol. The largest absolute Gasteiger partial charge is 0.469 e. The number of hydrogen-bond donors (Lipinski definition) is 2. The summed E-state index contributed by atoms with van der Waals surface area (Å²) in [6.45, 7) is 7.28. The molecule has 0 aliphatic heterocycles. The van der Waals surface area contributed by atoms with Crippen LogP contribution in [0.3, 0.4) is 0 Å². The van der Waals surface area contributed by atoms with Gasteiger partial charge in [-0.2, -0.15) is 0 Å². The minimum atomic E-state index is -0.194. The molecule has 0 saturated heterocycles. The van der Waals surface area contributed by atoms with Crippen molar-refractivity contribution in [3.05, 3.63) is 55.3 Å². The molecule has 2 N–H and O–H groups in total. The van der Waals surface area contributed by atoms with Gasteiger partial charge in [0.05, 0.1) is 30.2 Å². The highest BCUT2D eigenvalue weighted by Gasteiger charge is 2.07. The third kappa shape index (κ3) is 2.57. The first kappa shape index (κ1) is 11.9. The van der Waals surface area contributed by atoms with Gasteiger partial charge in [-0.3, -0.25) is 4.79 Å². The van der Waals surface area contributed by atoms with Crippen molar-refractivity contribution in [3.63, 3.8) is 0 Å². The quantitative estimate of drug-likeness (QED) is 0.789. The average molecular weight is 243 g/mol. The van der Waals surface area contributed by atoms with Crippen molar-refractivity contribution in [2.45, 2.75) is 0 Å². The molecular weight excluding hydrogens is 230 g/mol. The van der Waals surface area contributed by atoms with Gasteiger partial charge in [0, 0.05) is 5.56 Å². The van der Waals surface area contributed by atoms with Gasteiger partial charge in [-0.25, -0.2) is 4.98 Å². The number of benzene rings is 1. The van der Waals surface area contributed by atoms with E-state index in [0.29, 0.717) is 11.3 Å². The number of hydrogen-bond acceptors (Lipinski definition) is 3. The van der Waals surface area contributed by atoms with Crippen LogP contribution in [0.5, 0.6) is 0 Å². The molecule has 18 heavy (non-hydrogen) atoms. The molecule has 0 unspecified atom stereocenters. The van der Waals surface area contributed by atoms with E-state index < -0.39 is 0 Å². The van der Waals surface area contributed by atoms with Crippen molar-refractivity contribution in [2.75, 3.05) is 6.54 Å². The third-order valence-corrected chi connectivity index (χ3v) is 2.38. The van der Waals surface area contributed by atoms with Crippen LogP contribution in [0.4, 0.5) is 0 Å². The van der Waals surface area contributed by atoms with Gasteiger partial charge in [0.25, 0.3) is 5.91 Å². The van der Waals surface area contributed by atoms with Crippen molar-refractivity contribution in [2.24, 2.45) is 0 Å². The van der Waals surface area contributed by atoms with Crippen LogP contribution in [0.25, 0.3) is 11.0 Å². The Labute approximate surface area is 104 Å². The molecule has 0 aliphatic rings. The number of H-pyrrole nitrogens is 1. The van der Waals surface area contributed by atoms with Crippen LogP contribution in [0.15, 0.2) is 49.7 Å². The summed E-state index contributed by atoms with van der Waals surface area (Å²) in [5.41, 5.74) is 2.20. The van der Waals surface area contributed by atoms with E-state index >= 15 is 0 Å². The molecule has 1 amide bonds. The Morgan fingerprint density at radius 3 is 3.17 bits per heavy atom. The lowest BCUT2D eigenvalue weighted by Crippen LogP contribution is -2.25. The van der Waals surface area contributed by atoms with E-state index in [2.05, 4.69) is 28.4 Å². The lowest BCUT2D eigenvalue weighted by atomic mass is 10.2. The summed E-state index contributed by atoms with van der Waals surface area (Å²) in [4.78, 5) is 18.9. The molecule has 0 fully saturated rings. The fourth-order valence-electron chi connectivity index (χ4n) is 1.52. The predicted octanol–water partition coefficient (Wildman–Crippen LogP) is 1.97. The van der Waals surface area contributed by atoms with Crippen molar-refractivity contribution in [3.8, 4) is 0 Å². The van der Waals surface area contributed by atoms with Gasteiger partial charge in [0.1, 0.15) is 5.76 Å². The Bertz CT molecular complexity index is 601. The smallest absolute Gasteiger partial charge is 0.251 e. The second kappa shape index (κ2) is 5.18. The normalized spacial score (nSPS) is 10.0. The Balaban J connectivity index is 2.04. The van der Waals surface area contributed by atoms with E-state index in [1.54, 1.807) is 24.5 Å². The summed E-state index contributed by atoms with van der Waals surface area (Å²) in [5, 5.41) is 2.69. The number of carbonyl (C=O) groups is 1. The zero-order chi connectivity index (χ0) is 13.0. The summed E-state index contributed by atoms with van der Waals surface area (Å²) in [5.74, 6) is 0.237. The minimum absolute atomic E-state index is 0.194. The van der Waals surface area contributed by atoms with Gasteiger partial charge in [-0.05, 0) is 18.2 Å². The first-order valence-electron chi connectivity index (χ1n) is 5.37. The molecule has 0 aliphatic carbocycles. The molecule has 2 rings (SSSR count). The van der Waals surface area contributed by atoms with Gasteiger partial charge in [0.2, 0.25) is 0 Å². The highest BCUT2D eigenvalue weighted by atomic mass is 16.5. The van der Waals surface area contributed by atoms with Gasteiger partial charge < -0.3 is 15.0 Å². The van der Waals surface area contributed by atoms with Crippen LogP contribution < -0.4 is 5.32 Å². The van der Waals surface area contributed by atoms with Crippen LogP contribution in [0.1, 0.15) is 10.4 Å². The highest BCUT2D eigenvalue weighted by molar-refractivity contribution is 5.97. The molecule has 0 atom stereocenters. The number of amides is 1. The lowest BCUT2D eigenvalue weighted by Gasteiger charge is -2.06. The molecular formula is C13H13N3O2. The van der Waals surface area contributed by atoms with Crippen LogP contribution in [0.2, 0.25) is 0 Å². The molecule has 1 heterocycles. The maximum Gasteiger partial charge on any atom is 0.251 e. The SMILES string of the molecule is C=COC(=C)CNC(=O)c1ccc2nc[nH]c2c1. The van der Waals surface area contributed by atoms with E-state index in [0.717, 1.165) is 11.0 Å². The Morgan fingerprint density at radius 2 is 2.39 bits per heavy atom. The van der Waals surface area contributed by atoms with Crippen LogP contribution in [0, 0.1) is 0 Å². The number of ether oxygens (including phenoxy) is 1. The number of aromatic nitrogens is 2. The van der Waals surface area contributed by atoms with Crippen molar-refractivity contribution < 1.29 is 9.53 Å². The molecule has 5 heteroatoms. The maximum atomic E-state index is 11.9. The van der Waals surface area contributed by atoms with Gasteiger partial charge in [0.15, 0.2) is 0 Å². The summed E-state index contributed by atoms with van der Waals surface area (Å²) >= 11 is 0. The molecule has 0 spiro atoms. The summed E-state index contributed by atoms with van der Waals surface area (Å²) < 4.78 is 4.92. The molecule has 0 radical (unpaired) electrons. The first-order valence-corrected chi connectivity index (χ1v) is 5.37. The summed E-state index contributed by atoms with van der Waals surface area (Å²) in [7, 11) is 0. The van der Waals surface area contributed by atoms with E-state index in [9.17, 15) is 4.79 Å². The summed E-state index contributed by atoms with van der Waals surface area (Å²) in [6.07, 6.45) is 2.86. The van der Waals surface area contributed by atoms with E-state index in [1.165, 1.54) is 6.26 Å². The molecule has 0 bridgehead atoms. The molecule has 2 aromatic rings. The second-order valence-electron chi connectivity index (χ2n) is 3.64. The number of carbonyl (C=O) groups excluding carboxylic acids is 1. The van der Waals surface area contributed by atoms with Gasteiger partial charge >= 0.3 is 0 Å². The molecule has 1 aromatic carbocycles. The maximum absolute atomic E-state index is 11.9. The highest BCUT2D eigenvalue weighted by Crippen LogP contribution is 2.11. The number of aromatic amines is 1. The number of imidazole rings is 1. The number of fused-ring (bicyclic) bond motifs is 1. The van der Waals surface area contributed by atoms with Crippen LogP contribution in [-0.2, 0) is 4.74 Å². The van der Waals surface area contributed by atoms with Crippen molar-refractivity contribution in [1.29, 1.82) is 0 Å². The van der Waals surface area contributed by atoms with Gasteiger partial charge in [-0.15, -0.1) is 0 Å². The van der Waals surface area contributed by atoms with Crippen LogP contribution in [-0.4, -0.2) is 22.4 Å². The molecule has 0 saturated carbocycles. The second-order valence-corrected chi connectivity index (χ2v) is 3.64. The topological polar surface area (TPSA) is 67.0 Å². The Hall–Kier alpha value is -2.56. The lowest BCUT2D eigenvalue weighted by molar-refractivity contribution is 0.0952. The van der Waals surface area contributed by atoms with Crippen molar-refractivity contribution in [1.82, 2.24) is 15.3 Å². The minimum Gasteiger partial charge on any atom is -0.469 e. The summed E-state index contributed by atoms with van der Waals surface area (Å²) in [6, 6.07) is 5.25. The standard InChI is InChI=1S/C13H13N3O2/c1-3-18-9(2)7-14-13(17)10-4-5-11-12(6-10)16-8-15-11/h3-6,8H,1-2,7H2,(H,14,17)(H,15,16). The van der Waals surface area contributed by atoms with Gasteiger partial charge in [-0.1, -0.05) is 13.2 Å². The zero-order valence-corrected chi connectivity index (χ0v) is 9.77. The fourth-order valence-corrected chi connectivity index (χ4v) is 1.52. The molecule has 92 valence electrons. The number of rotatable bonds is 5. The van der Waals surface area contributed by atoms with Crippen LogP contribution >= 0.6 is 0 Å². The third-order valence-electron chi connectivity index (χ3n) is 2.38. The fraction of sp³-hybridized carbons (Fsp3) is 0.0769. The number of nitrogens with zero attached hydrogens (tertiary/aromatic N) is 1. The first-order chi connectivity index (χ1) is 8.70.